The predicted octanol–water partition coefficient (Wildman–Crippen LogP) is 2.83. The van der Waals surface area contributed by atoms with Crippen LogP contribution in [-0.2, 0) is 29.0 Å². The normalized spacial score (nSPS) is 13.1. The first-order valence-corrected chi connectivity index (χ1v) is 13.7. The first-order chi connectivity index (χ1) is 10.7. The molecule has 110 valence electrons. The zero-order valence-corrected chi connectivity index (χ0v) is 17.1. The van der Waals surface area contributed by atoms with Gasteiger partial charge in [-0.3, -0.25) is 0 Å². The summed E-state index contributed by atoms with van der Waals surface area (Å²) in [6, 6.07) is 18.5. The molecule has 7 heteroatoms. The molecule has 2 aromatic carbocycles. The third kappa shape index (κ3) is 5.93. The Kier molecular flexibility index (Phi) is 9.08. The van der Waals surface area contributed by atoms with Crippen LogP contribution in [0.25, 0.3) is 0 Å². The summed E-state index contributed by atoms with van der Waals surface area (Å²) >= 11 is 8.94. The maximum absolute atomic E-state index is 10.5. The van der Waals surface area contributed by atoms with Crippen molar-refractivity contribution in [2.24, 2.45) is 15.9 Å². The van der Waals surface area contributed by atoms with Crippen molar-refractivity contribution in [3.63, 3.8) is 0 Å². The van der Waals surface area contributed by atoms with Crippen molar-refractivity contribution in [2.75, 3.05) is 0 Å². The zero-order chi connectivity index (χ0) is 16.4. The second-order valence-electron chi connectivity index (χ2n) is 4.10. The molecule has 0 fully saturated rings. The van der Waals surface area contributed by atoms with E-state index < -0.39 is 6.10 Å². The molecule has 0 aliphatic rings. The Morgan fingerprint density at radius 3 is 2.00 bits per heavy atom. The molecule has 0 amide bonds. The summed E-state index contributed by atoms with van der Waals surface area (Å²) in [4.78, 5) is 0. The topological polar surface area (TPSA) is 71.0 Å². The summed E-state index contributed by atoms with van der Waals surface area (Å²) in [6.45, 7) is 0. The molecule has 1 unspecified atom stereocenters. The fraction of sp³-hybridized carbons (Fsp3) is 0.0667. The molecule has 0 aliphatic heterocycles. The Balaban J connectivity index is 0.00000116. The number of hydrogen-bond donors (Lipinski definition) is 2. The average molecular weight is 430 g/mol. The Bertz CT molecular complexity index is 619. The Morgan fingerprint density at radius 2 is 1.50 bits per heavy atom. The number of nitrogens with zero attached hydrogens (tertiary/aromatic N) is 2. The number of halogens is 1. The first-order valence-electron chi connectivity index (χ1n) is 6.31. The predicted molar refractivity (Wildman–Crippen MR) is 92.3 cm³/mol. The second kappa shape index (κ2) is 10.6. The van der Waals surface area contributed by atoms with Crippen LogP contribution in [0.1, 0.15) is 17.2 Å². The van der Waals surface area contributed by atoms with Gasteiger partial charge in [0.15, 0.2) is 0 Å². The van der Waals surface area contributed by atoms with Crippen LogP contribution in [-0.4, -0.2) is 16.0 Å². The van der Waals surface area contributed by atoms with Gasteiger partial charge in [-0.05, 0) is 10.7 Å². The van der Waals surface area contributed by atoms with E-state index >= 15 is 0 Å². The van der Waals surface area contributed by atoms with Crippen LogP contribution in [0.3, 0.4) is 0 Å². The van der Waals surface area contributed by atoms with E-state index in [1.807, 2.05) is 60.7 Å². The summed E-state index contributed by atoms with van der Waals surface area (Å²) in [5.74, 6) is 0. The molecule has 0 saturated carbocycles. The van der Waals surface area contributed by atoms with Crippen LogP contribution >= 0.6 is 13.6 Å². The summed E-state index contributed by atoms with van der Waals surface area (Å²) in [6.07, 6.45) is -0.892. The number of hydrogen-bond acceptors (Lipinski definition) is 4. The van der Waals surface area contributed by atoms with Crippen molar-refractivity contribution in [3.05, 3.63) is 71.8 Å². The molecule has 0 bridgehead atoms. The van der Waals surface area contributed by atoms with Crippen LogP contribution in [0.4, 0.5) is 0 Å². The van der Waals surface area contributed by atoms with E-state index in [1.54, 1.807) is 0 Å². The molecule has 0 saturated heterocycles. The van der Waals surface area contributed by atoms with Gasteiger partial charge in [-0.25, -0.2) is 0 Å². The molecule has 4 nitrogen and oxygen atoms in total. The van der Waals surface area contributed by atoms with Crippen molar-refractivity contribution < 1.29 is 21.4 Å². The number of aliphatic hydroxyl groups excluding tert-OH is 1. The van der Waals surface area contributed by atoms with Crippen LogP contribution in [0, 0.1) is 0 Å². The van der Waals surface area contributed by atoms with Gasteiger partial charge in [0, 0.05) is 5.56 Å². The van der Waals surface area contributed by atoms with Gasteiger partial charge < -0.3 is 23.5 Å². The van der Waals surface area contributed by atoms with Gasteiger partial charge in [0.1, 0.15) is 11.8 Å². The van der Waals surface area contributed by atoms with Crippen molar-refractivity contribution in [2.45, 2.75) is 6.10 Å². The van der Waals surface area contributed by atoms with Crippen molar-refractivity contribution >= 4 is 37.1 Å². The van der Waals surface area contributed by atoms with Gasteiger partial charge in [0.2, 0.25) is 0 Å². The molecule has 0 heterocycles. The number of aliphatic hydroxyl groups is 1. The number of amidine groups is 1. The Morgan fingerprint density at radius 1 is 1.00 bits per heavy atom. The average Bonchev–Trinajstić information content (AvgIpc) is 2.58. The van der Waals surface area contributed by atoms with E-state index in [2.05, 4.69) is 36.5 Å². The Labute approximate surface area is 152 Å². The van der Waals surface area contributed by atoms with Crippen LogP contribution < -0.4 is 5.73 Å². The van der Waals surface area contributed by atoms with Crippen LogP contribution in [0.15, 0.2) is 70.9 Å². The van der Waals surface area contributed by atoms with Crippen molar-refractivity contribution in [3.8, 4) is 0 Å². The number of rotatable bonds is 4. The molecular formula is C15H14BrN3OSZn. The molecule has 0 aromatic heterocycles. The van der Waals surface area contributed by atoms with E-state index in [0.29, 0.717) is 5.71 Å². The SMILES string of the molecule is N/C([S-])=N/N=C(\c1ccccc1)C(O)c1ccccc1.[Zn+][Br]. The van der Waals surface area contributed by atoms with Gasteiger partial charge in [-0.2, -0.15) is 10.2 Å². The molecule has 0 spiro atoms. The van der Waals surface area contributed by atoms with E-state index in [4.69, 9.17) is 5.73 Å². The zero-order valence-electron chi connectivity index (χ0n) is 11.8. The molecule has 22 heavy (non-hydrogen) atoms. The maximum atomic E-state index is 10.5. The van der Waals surface area contributed by atoms with Gasteiger partial charge >= 0.3 is 30.0 Å². The monoisotopic (exact) mass is 427 g/mol. The quantitative estimate of drug-likeness (QED) is 0.258. The van der Waals surface area contributed by atoms with Crippen molar-refractivity contribution in [1.82, 2.24) is 0 Å². The molecule has 2 aromatic rings. The van der Waals surface area contributed by atoms with Gasteiger partial charge in [-0.1, -0.05) is 60.7 Å². The van der Waals surface area contributed by atoms with E-state index in [-0.39, 0.29) is 5.17 Å². The molecule has 3 N–H and O–H groups in total. The number of nitrogens with two attached hydrogens (primary N) is 1. The van der Waals surface area contributed by atoms with Crippen LogP contribution in [0.5, 0.6) is 0 Å². The number of benzene rings is 2. The minimum absolute atomic E-state index is 0.0707. The first kappa shape index (κ1) is 18.9. The van der Waals surface area contributed by atoms with Gasteiger partial charge in [0.05, 0.1) is 0 Å². The van der Waals surface area contributed by atoms with E-state index in [0.717, 1.165) is 11.1 Å². The van der Waals surface area contributed by atoms with Crippen molar-refractivity contribution in [1.29, 1.82) is 0 Å². The van der Waals surface area contributed by atoms with E-state index in [9.17, 15) is 5.11 Å². The van der Waals surface area contributed by atoms with E-state index in [1.165, 1.54) is 16.3 Å². The van der Waals surface area contributed by atoms with Gasteiger partial charge in [-0.15, -0.1) is 0 Å². The molecule has 1 atom stereocenters. The van der Waals surface area contributed by atoms with Crippen LogP contribution in [0.2, 0.25) is 0 Å². The molecule has 0 aliphatic carbocycles. The minimum atomic E-state index is -0.892. The third-order valence-corrected chi connectivity index (χ3v) is 2.78. The summed E-state index contributed by atoms with van der Waals surface area (Å²) in [5.41, 5.74) is 7.24. The summed E-state index contributed by atoms with van der Waals surface area (Å²) in [7, 11) is 0. The molecule has 2 rings (SSSR count). The second-order valence-corrected chi connectivity index (χ2v) is 4.52. The standard InChI is InChI=1S/C15H15N3OS.BrH.Zn/c16-15(20)18-17-13(11-7-3-1-4-8-11)14(19)12-9-5-2-6-10-12;;/h1-10,14,19H,(H3,16,18,20);1H;/q;;+2/p-2/b17-13+;;. The Hall–Kier alpha value is -1.14. The summed E-state index contributed by atoms with van der Waals surface area (Å²) < 4.78 is 0. The van der Waals surface area contributed by atoms with Gasteiger partial charge in [0.25, 0.3) is 0 Å². The summed E-state index contributed by atoms with van der Waals surface area (Å²) in [5, 5.41) is 18.1. The fourth-order valence-corrected chi connectivity index (χ4v) is 1.82. The molecule has 0 radical (unpaired) electrons. The molecular weight excluding hydrogens is 416 g/mol. The third-order valence-electron chi connectivity index (χ3n) is 2.70. The fourth-order valence-electron chi connectivity index (χ4n) is 1.78.